The van der Waals surface area contributed by atoms with Crippen molar-refractivity contribution in [1.82, 2.24) is 19.5 Å². The smallest absolute Gasteiger partial charge is 0.303 e. The van der Waals surface area contributed by atoms with Gasteiger partial charge >= 0.3 is 17.9 Å². The number of nitrogens with one attached hydrogen (secondary N) is 1. The van der Waals surface area contributed by atoms with Crippen LogP contribution in [0.2, 0.25) is 0 Å². The van der Waals surface area contributed by atoms with Crippen LogP contribution in [0.5, 0.6) is 0 Å². The quantitative estimate of drug-likeness (QED) is 0.213. The van der Waals surface area contributed by atoms with Gasteiger partial charge < -0.3 is 24.3 Å². The molecule has 0 radical (unpaired) electrons. The maximum atomic E-state index is 11.9. The van der Waals surface area contributed by atoms with Crippen LogP contribution < -0.4 is 5.32 Å². The highest BCUT2D eigenvalue weighted by Crippen LogP contribution is 2.37. The van der Waals surface area contributed by atoms with E-state index in [-0.39, 0.29) is 6.61 Å². The van der Waals surface area contributed by atoms with E-state index in [4.69, 9.17) is 18.9 Å². The molecule has 0 amide bonds. The predicted octanol–water partition coefficient (Wildman–Crippen LogP) is 1.58. The zero-order valence-corrected chi connectivity index (χ0v) is 20.5. The van der Waals surface area contributed by atoms with Gasteiger partial charge in [-0.15, -0.1) is 0 Å². The lowest BCUT2D eigenvalue weighted by Gasteiger charge is -2.23. The molecule has 12 nitrogen and oxygen atoms in total. The number of hydrogen-bond acceptors (Lipinski definition) is 11. The molecule has 1 saturated heterocycles. The highest BCUT2D eigenvalue weighted by atomic mass is 127. The van der Waals surface area contributed by atoms with E-state index in [1.54, 1.807) is 4.57 Å². The number of hydrogen-bond donors (Lipinski definition) is 1. The first-order chi connectivity index (χ1) is 15.7. The SMILES string of the molecule is CC(=O)OC[C@@H]1O[C@@H](n2cnc3c(NCC4CC4)nc(I)nc32)[C@H](OC(C)=O)[C@@H]1OC(C)=O. The van der Waals surface area contributed by atoms with Gasteiger partial charge in [-0.2, -0.15) is 0 Å². The third kappa shape index (κ3) is 5.51. The minimum atomic E-state index is -1.01. The van der Waals surface area contributed by atoms with E-state index >= 15 is 0 Å². The van der Waals surface area contributed by atoms with E-state index in [9.17, 15) is 14.4 Å². The Bertz CT molecular complexity index is 1070. The number of rotatable bonds is 8. The number of fused-ring (bicyclic) bond motifs is 1. The fourth-order valence-electron chi connectivity index (χ4n) is 3.68. The van der Waals surface area contributed by atoms with Crippen LogP contribution >= 0.6 is 22.6 Å². The van der Waals surface area contributed by atoms with Crippen molar-refractivity contribution in [3.63, 3.8) is 0 Å². The highest BCUT2D eigenvalue weighted by Gasteiger charge is 2.51. The van der Waals surface area contributed by atoms with E-state index in [1.165, 1.54) is 39.9 Å². The van der Waals surface area contributed by atoms with Gasteiger partial charge in [0.05, 0.1) is 6.33 Å². The molecule has 1 aliphatic carbocycles. The van der Waals surface area contributed by atoms with Gasteiger partial charge in [-0.1, -0.05) is 0 Å². The van der Waals surface area contributed by atoms with Gasteiger partial charge in [0.1, 0.15) is 12.7 Å². The number of carbonyl (C=O) groups is 3. The van der Waals surface area contributed by atoms with Crippen LogP contribution in [0.1, 0.15) is 39.8 Å². The third-order valence-electron chi connectivity index (χ3n) is 5.26. The molecule has 2 fully saturated rings. The Morgan fingerprint density at radius 2 is 1.82 bits per heavy atom. The Morgan fingerprint density at radius 3 is 2.45 bits per heavy atom. The summed E-state index contributed by atoms with van der Waals surface area (Å²) in [4.78, 5) is 48.4. The molecule has 0 spiro atoms. The lowest BCUT2D eigenvalue weighted by Crippen LogP contribution is -2.40. The maximum absolute atomic E-state index is 11.9. The first-order valence-electron chi connectivity index (χ1n) is 10.5. The number of aromatic nitrogens is 4. The summed E-state index contributed by atoms with van der Waals surface area (Å²) in [6.07, 6.45) is 0.0881. The van der Waals surface area contributed by atoms with Crippen molar-refractivity contribution in [1.29, 1.82) is 0 Å². The standard InChI is InChI=1S/C20H24IN5O7/c1-9(27)30-7-13-15(31-10(2)28)16(32-11(3)29)19(33-13)26-8-23-14-17(22-6-12-4-5-12)24-20(21)25-18(14)26/h8,12-13,15-16,19H,4-7H2,1-3H3,(H,22,24,25)/t13-,15+,16+,19+/m0/s1. The van der Waals surface area contributed by atoms with E-state index in [0.29, 0.717) is 26.7 Å². The first-order valence-corrected chi connectivity index (χ1v) is 11.6. The Morgan fingerprint density at radius 1 is 1.12 bits per heavy atom. The number of esters is 3. The molecule has 1 N–H and O–H groups in total. The van der Waals surface area contributed by atoms with Crippen molar-refractivity contribution in [3.05, 3.63) is 10.2 Å². The largest absolute Gasteiger partial charge is 0.463 e. The molecule has 0 aromatic carbocycles. The summed E-state index contributed by atoms with van der Waals surface area (Å²) in [5.41, 5.74) is 0.998. The zero-order valence-electron chi connectivity index (χ0n) is 18.3. The molecule has 2 aliphatic rings. The maximum Gasteiger partial charge on any atom is 0.303 e. The molecule has 13 heteroatoms. The van der Waals surface area contributed by atoms with Crippen molar-refractivity contribution in [2.24, 2.45) is 5.92 Å². The second kappa shape index (κ2) is 9.75. The Kier molecular flexibility index (Phi) is 6.97. The molecule has 1 saturated carbocycles. The Labute approximate surface area is 202 Å². The van der Waals surface area contributed by atoms with Gasteiger partial charge in [-0.25, -0.2) is 15.0 Å². The van der Waals surface area contributed by atoms with Gasteiger partial charge in [0.2, 0.25) is 0 Å². The first kappa shape index (κ1) is 23.6. The van der Waals surface area contributed by atoms with Crippen LogP contribution in [0.3, 0.4) is 0 Å². The van der Waals surface area contributed by atoms with Gasteiger partial charge in [0.25, 0.3) is 0 Å². The fourth-order valence-corrected chi connectivity index (χ4v) is 4.15. The fraction of sp³-hybridized carbons (Fsp3) is 0.600. The van der Waals surface area contributed by atoms with Gasteiger partial charge in [0.15, 0.2) is 39.2 Å². The number of anilines is 1. The predicted molar refractivity (Wildman–Crippen MR) is 121 cm³/mol. The topological polar surface area (TPSA) is 144 Å². The summed E-state index contributed by atoms with van der Waals surface area (Å²) in [6.45, 7) is 4.35. The molecule has 3 heterocycles. The number of carbonyl (C=O) groups excluding carboxylic acids is 3. The van der Waals surface area contributed by atoms with Crippen molar-refractivity contribution >= 4 is 57.5 Å². The van der Waals surface area contributed by atoms with Crippen molar-refractivity contribution < 1.29 is 33.3 Å². The van der Waals surface area contributed by atoms with E-state index in [2.05, 4.69) is 20.3 Å². The minimum absolute atomic E-state index is 0.186. The van der Waals surface area contributed by atoms with E-state index in [1.807, 2.05) is 22.6 Å². The second-order valence-corrected chi connectivity index (χ2v) is 8.97. The van der Waals surface area contributed by atoms with Crippen LogP contribution in [0.15, 0.2) is 6.33 Å². The monoisotopic (exact) mass is 573 g/mol. The van der Waals surface area contributed by atoms with Crippen LogP contribution in [0, 0.1) is 9.75 Å². The van der Waals surface area contributed by atoms with Crippen LogP contribution in [0.4, 0.5) is 5.82 Å². The normalized spacial score (nSPS) is 24.5. The Balaban J connectivity index is 1.70. The molecular formula is C20H24IN5O7. The average Bonchev–Trinajstić information content (AvgIpc) is 3.39. The summed E-state index contributed by atoms with van der Waals surface area (Å²) < 4.78 is 24.2. The van der Waals surface area contributed by atoms with Gasteiger partial charge in [0, 0.05) is 49.9 Å². The van der Waals surface area contributed by atoms with Crippen LogP contribution in [-0.2, 0) is 33.3 Å². The molecule has 0 unspecified atom stereocenters. The molecule has 4 rings (SSSR count). The summed E-state index contributed by atoms with van der Waals surface area (Å²) in [5.74, 6) is -0.459. The van der Waals surface area contributed by atoms with Crippen LogP contribution in [0.25, 0.3) is 11.2 Å². The van der Waals surface area contributed by atoms with Gasteiger partial charge in [-0.05, 0) is 18.8 Å². The molecular weight excluding hydrogens is 549 g/mol. The Hall–Kier alpha value is -2.55. The second-order valence-electron chi connectivity index (χ2n) is 8.01. The molecule has 178 valence electrons. The number of ether oxygens (including phenoxy) is 4. The minimum Gasteiger partial charge on any atom is -0.463 e. The summed E-state index contributed by atoms with van der Waals surface area (Å²) in [7, 11) is 0. The average molecular weight is 573 g/mol. The lowest BCUT2D eigenvalue weighted by atomic mass is 10.1. The molecule has 0 bridgehead atoms. The molecule has 4 atom stereocenters. The number of halogens is 1. The number of nitrogens with zero attached hydrogens (tertiary/aromatic N) is 4. The highest BCUT2D eigenvalue weighted by molar-refractivity contribution is 14.1. The summed E-state index contributed by atoms with van der Waals surface area (Å²) in [5, 5.41) is 3.33. The summed E-state index contributed by atoms with van der Waals surface area (Å²) >= 11 is 2.02. The van der Waals surface area contributed by atoms with Crippen molar-refractivity contribution in [2.75, 3.05) is 18.5 Å². The van der Waals surface area contributed by atoms with Crippen molar-refractivity contribution in [3.8, 4) is 0 Å². The van der Waals surface area contributed by atoms with Gasteiger partial charge in [-0.3, -0.25) is 19.0 Å². The molecule has 33 heavy (non-hydrogen) atoms. The van der Waals surface area contributed by atoms with Crippen molar-refractivity contribution in [2.45, 2.75) is 58.2 Å². The summed E-state index contributed by atoms with van der Waals surface area (Å²) in [6, 6.07) is 0. The number of imidazole rings is 1. The van der Waals surface area contributed by atoms with E-state index in [0.717, 1.165) is 6.54 Å². The zero-order chi connectivity index (χ0) is 23.7. The molecule has 1 aliphatic heterocycles. The molecule has 2 aromatic heterocycles. The lowest BCUT2D eigenvalue weighted by molar-refractivity contribution is -0.166. The molecule has 2 aromatic rings. The van der Waals surface area contributed by atoms with E-state index < -0.39 is 42.4 Å². The van der Waals surface area contributed by atoms with Crippen LogP contribution in [-0.4, -0.2) is 68.9 Å². The third-order valence-corrected chi connectivity index (χ3v) is 5.75.